The van der Waals surface area contributed by atoms with E-state index in [0.717, 1.165) is 24.3 Å². The number of rotatable bonds is 6. The first-order chi connectivity index (χ1) is 10.8. The Kier molecular flexibility index (Phi) is 4.63. The zero-order valence-corrected chi connectivity index (χ0v) is 12.8. The molecule has 1 saturated carbocycles. The first-order valence-corrected chi connectivity index (χ1v) is 8.11. The second kappa shape index (κ2) is 6.83. The van der Waals surface area contributed by atoms with Gasteiger partial charge in [0.05, 0.1) is 23.3 Å². The highest BCUT2D eigenvalue weighted by atomic mass is 16.3. The summed E-state index contributed by atoms with van der Waals surface area (Å²) < 4.78 is 2.01. The highest BCUT2D eigenvalue weighted by molar-refractivity contribution is 5.52. The van der Waals surface area contributed by atoms with E-state index in [1.807, 2.05) is 23.0 Å². The van der Waals surface area contributed by atoms with Gasteiger partial charge in [-0.3, -0.25) is 0 Å². The number of aromatic hydroxyl groups is 1. The Bertz CT molecular complexity index is 600. The van der Waals surface area contributed by atoms with Crippen LogP contribution in [0.3, 0.4) is 0 Å². The lowest BCUT2D eigenvalue weighted by Crippen LogP contribution is -2.11. The Labute approximate surface area is 131 Å². The normalized spacial score (nSPS) is 15.3. The van der Waals surface area contributed by atoms with Gasteiger partial charge in [-0.15, -0.1) is 0 Å². The average Bonchev–Trinajstić information content (AvgIpc) is 3.17. The van der Waals surface area contributed by atoms with Crippen molar-refractivity contribution in [3.8, 4) is 11.4 Å². The van der Waals surface area contributed by atoms with Crippen LogP contribution in [-0.2, 0) is 0 Å². The Morgan fingerprint density at radius 3 is 2.64 bits per heavy atom. The fraction of sp³-hybridized carbons (Fsp3) is 0.471. The molecule has 0 spiro atoms. The first kappa shape index (κ1) is 14.9. The van der Waals surface area contributed by atoms with Crippen LogP contribution in [0.4, 0.5) is 5.69 Å². The number of nitrogens with one attached hydrogen (secondary N) is 1. The molecule has 0 bridgehead atoms. The molecule has 0 aliphatic heterocycles. The van der Waals surface area contributed by atoms with Gasteiger partial charge >= 0.3 is 0 Å². The number of phenolic OH excluding ortho intramolecular Hbond substituents is 1. The maximum absolute atomic E-state index is 9.48. The molecule has 1 heterocycles. The Morgan fingerprint density at radius 2 is 1.95 bits per heavy atom. The minimum atomic E-state index is 0.277. The third kappa shape index (κ3) is 3.09. The lowest BCUT2D eigenvalue weighted by atomic mass is 10.0. The zero-order chi connectivity index (χ0) is 15.4. The molecule has 2 aromatic rings. The molecule has 1 aliphatic carbocycles. The Hall–Kier alpha value is -2.01. The van der Waals surface area contributed by atoms with Crippen molar-refractivity contribution in [2.45, 2.75) is 38.0 Å². The molecule has 1 aromatic heterocycles. The summed E-state index contributed by atoms with van der Waals surface area (Å²) in [7, 11) is 0. The maximum Gasteiger partial charge on any atom is 0.115 e. The smallest absolute Gasteiger partial charge is 0.115 e. The molecule has 1 fully saturated rings. The third-order valence-electron chi connectivity index (χ3n) is 4.34. The van der Waals surface area contributed by atoms with Gasteiger partial charge in [-0.05, 0) is 50.1 Å². The fourth-order valence-corrected chi connectivity index (χ4v) is 3.21. The molecule has 22 heavy (non-hydrogen) atoms. The second-order valence-electron chi connectivity index (χ2n) is 5.92. The van der Waals surface area contributed by atoms with Crippen molar-refractivity contribution in [2.75, 3.05) is 18.4 Å². The molecule has 3 rings (SSSR count). The Balaban J connectivity index is 1.92. The van der Waals surface area contributed by atoms with Crippen molar-refractivity contribution < 1.29 is 5.11 Å². The quantitative estimate of drug-likeness (QED) is 0.717. The SMILES string of the molecule is NCCCNc1cnn(-c2ccc(O)cc2)c1C1CCCC1. The number of phenols is 1. The topological polar surface area (TPSA) is 76.1 Å². The van der Waals surface area contributed by atoms with E-state index in [2.05, 4.69) is 10.4 Å². The van der Waals surface area contributed by atoms with Crippen LogP contribution in [-0.4, -0.2) is 28.0 Å². The maximum atomic E-state index is 9.48. The highest BCUT2D eigenvalue weighted by Crippen LogP contribution is 2.38. The molecule has 1 aromatic carbocycles. The van der Waals surface area contributed by atoms with E-state index in [0.29, 0.717) is 12.5 Å². The van der Waals surface area contributed by atoms with E-state index in [4.69, 9.17) is 5.73 Å². The van der Waals surface area contributed by atoms with Crippen LogP contribution in [0.25, 0.3) is 5.69 Å². The number of hydrogen-bond donors (Lipinski definition) is 3. The van der Waals surface area contributed by atoms with Gasteiger partial charge in [0.15, 0.2) is 0 Å². The lowest BCUT2D eigenvalue weighted by molar-refractivity contribution is 0.475. The summed E-state index contributed by atoms with van der Waals surface area (Å²) in [6.45, 7) is 1.56. The van der Waals surface area contributed by atoms with E-state index in [1.54, 1.807) is 12.1 Å². The molecule has 0 saturated heterocycles. The molecule has 0 atom stereocenters. The molecule has 5 nitrogen and oxygen atoms in total. The number of anilines is 1. The standard InChI is InChI=1S/C17H24N4O/c18-10-3-11-19-16-12-20-21(14-6-8-15(22)9-7-14)17(16)13-4-1-2-5-13/h6-9,12-13,19,22H,1-5,10-11,18H2. The van der Waals surface area contributed by atoms with E-state index in [-0.39, 0.29) is 5.75 Å². The van der Waals surface area contributed by atoms with Crippen LogP contribution >= 0.6 is 0 Å². The summed E-state index contributed by atoms with van der Waals surface area (Å²) in [6.07, 6.45) is 7.87. The molecule has 1 aliphatic rings. The van der Waals surface area contributed by atoms with Crippen LogP contribution in [0, 0.1) is 0 Å². The number of aromatic nitrogens is 2. The summed E-state index contributed by atoms with van der Waals surface area (Å²) in [6, 6.07) is 7.23. The van der Waals surface area contributed by atoms with Crippen molar-refractivity contribution in [3.05, 3.63) is 36.2 Å². The van der Waals surface area contributed by atoms with Crippen molar-refractivity contribution >= 4 is 5.69 Å². The van der Waals surface area contributed by atoms with Gasteiger partial charge in [0.2, 0.25) is 0 Å². The molecular formula is C17H24N4O. The van der Waals surface area contributed by atoms with E-state index >= 15 is 0 Å². The van der Waals surface area contributed by atoms with Gasteiger partial charge in [0.25, 0.3) is 0 Å². The number of nitrogens with two attached hydrogens (primary N) is 1. The van der Waals surface area contributed by atoms with E-state index < -0.39 is 0 Å². The van der Waals surface area contributed by atoms with Gasteiger partial charge in [0, 0.05) is 12.5 Å². The first-order valence-electron chi connectivity index (χ1n) is 8.11. The number of nitrogens with zero attached hydrogens (tertiary/aromatic N) is 2. The van der Waals surface area contributed by atoms with Crippen molar-refractivity contribution in [1.82, 2.24) is 9.78 Å². The molecule has 4 N–H and O–H groups in total. The summed E-state index contributed by atoms with van der Waals surface area (Å²) >= 11 is 0. The fourth-order valence-electron chi connectivity index (χ4n) is 3.21. The summed E-state index contributed by atoms with van der Waals surface area (Å²) in [5.74, 6) is 0.830. The van der Waals surface area contributed by atoms with Crippen molar-refractivity contribution in [1.29, 1.82) is 0 Å². The molecule has 118 valence electrons. The Morgan fingerprint density at radius 1 is 1.23 bits per heavy atom. The minimum Gasteiger partial charge on any atom is -0.508 e. The average molecular weight is 300 g/mol. The van der Waals surface area contributed by atoms with Crippen LogP contribution in [0.1, 0.15) is 43.7 Å². The van der Waals surface area contributed by atoms with E-state index in [1.165, 1.54) is 31.4 Å². The molecule has 0 radical (unpaired) electrons. The number of hydrogen-bond acceptors (Lipinski definition) is 4. The molecule has 0 amide bonds. The largest absolute Gasteiger partial charge is 0.508 e. The highest BCUT2D eigenvalue weighted by Gasteiger charge is 2.25. The van der Waals surface area contributed by atoms with Gasteiger partial charge in [-0.2, -0.15) is 5.10 Å². The lowest BCUT2D eigenvalue weighted by Gasteiger charge is -2.16. The van der Waals surface area contributed by atoms with Gasteiger partial charge in [-0.25, -0.2) is 4.68 Å². The molecular weight excluding hydrogens is 276 g/mol. The third-order valence-corrected chi connectivity index (χ3v) is 4.34. The van der Waals surface area contributed by atoms with Crippen LogP contribution in [0.15, 0.2) is 30.5 Å². The van der Waals surface area contributed by atoms with Crippen LogP contribution < -0.4 is 11.1 Å². The minimum absolute atomic E-state index is 0.277. The van der Waals surface area contributed by atoms with E-state index in [9.17, 15) is 5.11 Å². The van der Waals surface area contributed by atoms with Gasteiger partial charge in [0.1, 0.15) is 5.75 Å². The zero-order valence-electron chi connectivity index (χ0n) is 12.8. The van der Waals surface area contributed by atoms with Gasteiger partial charge < -0.3 is 16.2 Å². The predicted molar refractivity (Wildman–Crippen MR) is 88.6 cm³/mol. The monoisotopic (exact) mass is 300 g/mol. The number of benzene rings is 1. The summed E-state index contributed by atoms with van der Waals surface area (Å²) in [4.78, 5) is 0. The van der Waals surface area contributed by atoms with Crippen molar-refractivity contribution in [2.24, 2.45) is 5.73 Å². The van der Waals surface area contributed by atoms with Crippen LogP contribution in [0.5, 0.6) is 5.75 Å². The molecule has 0 unspecified atom stereocenters. The van der Waals surface area contributed by atoms with Crippen molar-refractivity contribution in [3.63, 3.8) is 0 Å². The molecule has 5 heteroatoms. The summed E-state index contributed by atoms with van der Waals surface area (Å²) in [5.41, 5.74) is 8.95. The second-order valence-corrected chi connectivity index (χ2v) is 5.92. The van der Waals surface area contributed by atoms with Gasteiger partial charge in [-0.1, -0.05) is 12.8 Å². The summed E-state index contributed by atoms with van der Waals surface area (Å²) in [5, 5.41) is 17.5. The predicted octanol–water partition coefficient (Wildman–Crippen LogP) is 3.00. The van der Waals surface area contributed by atoms with Crippen LogP contribution in [0.2, 0.25) is 0 Å².